The number of hydrogen-bond donors (Lipinski definition) is 3. The van der Waals surface area contributed by atoms with Crippen LogP contribution in [0.4, 0.5) is 11.4 Å². The molecule has 118 valence electrons. The Kier molecular flexibility index (Phi) is 5.45. The molecule has 0 aliphatic heterocycles. The molecule has 0 amide bonds. The highest BCUT2D eigenvalue weighted by Crippen LogP contribution is 2.32. The van der Waals surface area contributed by atoms with E-state index in [1.807, 2.05) is 30.3 Å². The first-order chi connectivity index (χ1) is 11.0. The van der Waals surface area contributed by atoms with Gasteiger partial charge in [-0.2, -0.15) is 5.10 Å². The molecule has 0 spiro atoms. The Labute approximate surface area is 141 Å². The standard InChI is InChI=1S/C14H11ClN4O3S/c15-10-6-9(13(20)12(7-10)19(21)22)8-16-18-14(23)17-11-4-2-1-3-5-11/h1-8,20H,(H2,17,18,23)/b16-8-. The number of hydrogen-bond acceptors (Lipinski definition) is 5. The molecule has 2 rings (SSSR count). The van der Waals surface area contributed by atoms with Gasteiger partial charge in [-0.05, 0) is 30.4 Å². The van der Waals surface area contributed by atoms with Gasteiger partial charge in [0, 0.05) is 22.3 Å². The summed E-state index contributed by atoms with van der Waals surface area (Å²) in [6.45, 7) is 0. The van der Waals surface area contributed by atoms with Crippen molar-refractivity contribution in [3.63, 3.8) is 0 Å². The topological polar surface area (TPSA) is 99.8 Å². The summed E-state index contributed by atoms with van der Waals surface area (Å²) in [6, 6.07) is 11.6. The molecule has 23 heavy (non-hydrogen) atoms. The number of nitro groups is 1. The second-order valence-corrected chi connectivity index (χ2v) is 5.15. The Bertz CT molecular complexity index is 768. The summed E-state index contributed by atoms with van der Waals surface area (Å²) < 4.78 is 0. The molecule has 0 radical (unpaired) electrons. The number of anilines is 1. The number of hydrazone groups is 1. The average Bonchev–Trinajstić information content (AvgIpc) is 2.51. The molecule has 0 aliphatic rings. The number of benzene rings is 2. The Hall–Kier alpha value is -2.71. The van der Waals surface area contributed by atoms with Crippen molar-refractivity contribution in [2.75, 3.05) is 5.32 Å². The number of thiocarbonyl (C=S) groups is 1. The molecule has 0 saturated heterocycles. The van der Waals surface area contributed by atoms with Crippen molar-refractivity contribution >= 4 is 46.5 Å². The molecule has 0 atom stereocenters. The number of para-hydroxylation sites is 1. The van der Waals surface area contributed by atoms with Gasteiger partial charge in [0.1, 0.15) is 0 Å². The molecule has 0 fully saturated rings. The fraction of sp³-hybridized carbons (Fsp3) is 0. The molecule has 0 heterocycles. The third-order valence-corrected chi connectivity index (χ3v) is 3.09. The average molecular weight is 351 g/mol. The highest BCUT2D eigenvalue weighted by atomic mass is 35.5. The summed E-state index contributed by atoms with van der Waals surface area (Å²) in [5, 5.41) is 27.7. The fourth-order valence-corrected chi connectivity index (χ4v) is 2.08. The Morgan fingerprint density at radius 1 is 1.35 bits per heavy atom. The first-order valence-electron chi connectivity index (χ1n) is 6.29. The van der Waals surface area contributed by atoms with Gasteiger partial charge < -0.3 is 10.4 Å². The van der Waals surface area contributed by atoms with Crippen LogP contribution in [0.3, 0.4) is 0 Å². The van der Waals surface area contributed by atoms with E-state index in [9.17, 15) is 15.2 Å². The summed E-state index contributed by atoms with van der Waals surface area (Å²) in [4.78, 5) is 10.1. The van der Waals surface area contributed by atoms with Gasteiger partial charge in [0.15, 0.2) is 5.11 Å². The number of phenolic OH excluding ortho intramolecular Hbond substituents is 1. The lowest BCUT2D eigenvalue weighted by molar-refractivity contribution is -0.385. The fourth-order valence-electron chi connectivity index (χ4n) is 1.68. The predicted molar refractivity (Wildman–Crippen MR) is 93.2 cm³/mol. The zero-order valence-corrected chi connectivity index (χ0v) is 13.1. The summed E-state index contributed by atoms with van der Waals surface area (Å²) in [5.74, 6) is -0.521. The van der Waals surface area contributed by atoms with E-state index in [0.29, 0.717) is 0 Å². The first-order valence-corrected chi connectivity index (χ1v) is 7.08. The van der Waals surface area contributed by atoms with E-state index in [-0.39, 0.29) is 15.7 Å². The van der Waals surface area contributed by atoms with Gasteiger partial charge in [-0.25, -0.2) is 0 Å². The SMILES string of the molecule is O=[N+]([O-])c1cc(Cl)cc(/C=N\NC(=S)Nc2ccccc2)c1O. The van der Waals surface area contributed by atoms with Crippen molar-refractivity contribution in [3.8, 4) is 5.75 Å². The Morgan fingerprint density at radius 2 is 2.04 bits per heavy atom. The minimum absolute atomic E-state index is 0.0965. The minimum Gasteiger partial charge on any atom is -0.502 e. The number of phenols is 1. The second-order valence-electron chi connectivity index (χ2n) is 4.31. The van der Waals surface area contributed by atoms with E-state index in [1.165, 1.54) is 12.3 Å². The van der Waals surface area contributed by atoms with E-state index in [1.54, 1.807) is 0 Å². The summed E-state index contributed by atoms with van der Waals surface area (Å²) in [6.07, 6.45) is 1.19. The Morgan fingerprint density at radius 3 is 2.70 bits per heavy atom. The molecular formula is C14H11ClN4O3S. The van der Waals surface area contributed by atoms with Crippen LogP contribution in [0.15, 0.2) is 47.6 Å². The van der Waals surface area contributed by atoms with Crippen LogP contribution in [0.5, 0.6) is 5.75 Å². The maximum atomic E-state index is 10.8. The van der Waals surface area contributed by atoms with Gasteiger partial charge >= 0.3 is 5.69 Å². The van der Waals surface area contributed by atoms with Crippen LogP contribution in [0.2, 0.25) is 5.02 Å². The van der Waals surface area contributed by atoms with E-state index < -0.39 is 16.4 Å². The van der Waals surface area contributed by atoms with Gasteiger partial charge in [0.05, 0.1) is 11.1 Å². The van der Waals surface area contributed by atoms with Crippen molar-refractivity contribution in [3.05, 3.63) is 63.2 Å². The minimum atomic E-state index is -0.729. The summed E-state index contributed by atoms with van der Waals surface area (Å²) >= 11 is 10.8. The molecule has 9 heteroatoms. The van der Waals surface area contributed by atoms with Gasteiger partial charge in [0.25, 0.3) is 0 Å². The lowest BCUT2D eigenvalue weighted by atomic mass is 10.2. The van der Waals surface area contributed by atoms with Crippen molar-refractivity contribution < 1.29 is 10.0 Å². The zero-order valence-electron chi connectivity index (χ0n) is 11.6. The number of rotatable bonds is 4. The number of halogens is 1. The van der Waals surface area contributed by atoms with Crippen LogP contribution in [0.25, 0.3) is 0 Å². The molecule has 3 N–H and O–H groups in total. The molecule has 0 aliphatic carbocycles. The normalized spacial score (nSPS) is 10.5. The Balaban J connectivity index is 2.06. The summed E-state index contributed by atoms with van der Waals surface area (Å²) in [7, 11) is 0. The molecule has 0 aromatic heterocycles. The third kappa shape index (κ3) is 4.63. The highest BCUT2D eigenvalue weighted by Gasteiger charge is 2.17. The number of aromatic hydroxyl groups is 1. The van der Waals surface area contributed by atoms with Gasteiger partial charge in [-0.3, -0.25) is 15.5 Å². The largest absolute Gasteiger partial charge is 0.502 e. The predicted octanol–water partition coefficient (Wildman–Crippen LogP) is 3.27. The van der Waals surface area contributed by atoms with E-state index >= 15 is 0 Å². The van der Waals surface area contributed by atoms with Gasteiger partial charge in [0.2, 0.25) is 5.75 Å². The monoisotopic (exact) mass is 350 g/mol. The maximum Gasteiger partial charge on any atom is 0.312 e. The van der Waals surface area contributed by atoms with Crippen LogP contribution >= 0.6 is 23.8 Å². The molecule has 7 nitrogen and oxygen atoms in total. The van der Waals surface area contributed by atoms with E-state index in [4.69, 9.17) is 23.8 Å². The molecule has 2 aromatic carbocycles. The molecule has 0 bridgehead atoms. The van der Waals surface area contributed by atoms with Crippen LogP contribution in [-0.4, -0.2) is 21.4 Å². The van der Waals surface area contributed by atoms with Crippen molar-refractivity contribution in [2.24, 2.45) is 5.10 Å². The van der Waals surface area contributed by atoms with Crippen molar-refractivity contribution in [1.82, 2.24) is 5.43 Å². The highest BCUT2D eigenvalue weighted by molar-refractivity contribution is 7.80. The van der Waals surface area contributed by atoms with Crippen molar-refractivity contribution in [1.29, 1.82) is 0 Å². The maximum absolute atomic E-state index is 10.8. The van der Waals surface area contributed by atoms with Crippen LogP contribution < -0.4 is 10.7 Å². The lowest BCUT2D eigenvalue weighted by Crippen LogP contribution is -2.23. The number of nitrogens with zero attached hydrogens (tertiary/aromatic N) is 2. The van der Waals surface area contributed by atoms with E-state index in [0.717, 1.165) is 11.8 Å². The third-order valence-electron chi connectivity index (χ3n) is 2.68. The molecule has 2 aromatic rings. The lowest BCUT2D eigenvalue weighted by Gasteiger charge is -2.06. The quantitative estimate of drug-likeness (QED) is 0.338. The number of nitrogens with one attached hydrogen (secondary N) is 2. The van der Waals surface area contributed by atoms with Gasteiger partial charge in [-0.15, -0.1) is 0 Å². The zero-order chi connectivity index (χ0) is 16.8. The second kappa shape index (κ2) is 7.52. The summed E-state index contributed by atoms with van der Waals surface area (Å²) in [5.41, 5.74) is 2.92. The first kappa shape index (κ1) is 16.7. The molecule has 0 unspecified atom stereocenters. The smallest absolute Gasteiger partial charge is 0.312 e. The molecular weight excluding hydrogens is 340 g/mol. The van der Waals surface area contributed by atoms with Gasteiger partial charge in [-0.1, -0.05) is 29.8 Å². The van der Waals surface area contributed by atoms with Crippen molar-refractivity contribution in [2.45, 2.75) is 0 Å². The van der Waals surface area contributed by atoms with Crippen LogP contribution in [0.1, 0.15) is 5.56 Å². The van der Waals surface area contributed by atoms with Crippen LogP contribution in [-0.2, 0) is 0 Å². The van der Waals surface area contributed by atoms with Crippen LogP contribution in [0, 0.1) is 10.1 Å². The van der Waals surface area contributed by atoms with E-state index in [2.05, 4.69) is 15.8 Å². The molecule has 0 saturated carbocycles. The number of nitro benzene ring substituents is 1.